The van der Waals surface area contributed by atoms with Crippen molar-refractivity contribution in [2.75, 3.05) is 7.05 Å². The van der Waals surface area contributed by atoms with Crippen LogP contribution in [-0.2, 0) is 6.42 Å². The molecule has 0 aromatic carbocycles. The predicted octanol–water partition coefficient (Wildman–Crippen LogP) is 3.89. The van der Waals surface area contributed by atoms with Crippen LogP contribution >= 0.6 is 12.4 Å². The Morgan fingerprint density at radius 1 is 1.21 bits per heavy atom. The molecule has 0 aliphatic carbocycles. The maximum absolute atomic E-state index is 5.56. The Hall–Kier alpha value is -2.71. The highest BCUT2D eigenvalue weighted by atomic mass is 35.5. The Kier molecular flexibility index (Phi) is 5.81. The molecule has 0 spiro atoms. The lowest BCUT2D eigenvalue weighted by Gasteiger charge is -2.08. The smallest absolute Gasteiger partial charge is 0.258 e. The van der Waals surface area contributed by atoms with E-state index in [0.29, 0.717) is 29.6 Å². The molecule has 0 fully saturated rings. The molecule has 28 heavy (non-hydrogen) atoms. The van der Waals surface area contributed by atoms with E-state index in [0.717, 1.165) is 16.6 Å². The highest BCUT2D eigenvalue weighted by Crippen LogP contribution is 2.32. The third kappa shape index (κ3) is 3.65. The first-order valence-electron chi connectivity index (χ1n) is 8.99. The van der Waals surface area contributed by atoms with Crippen LogP contribution in [-0.4, -0.2) is 38.0 Å². The van der Waals surface area contributed by atoms with Gasteiger partial charge in [0.15, 0.2) is 17.2 Å². The minimum Gasteiger partial charge on any atom is -0.463 e. The van der Waals surface area contributed by atoms with Gasteiger partial charge in [0.1, 0.15) is 5.69 Å². The summed E-state index contributed by atoms with van der Waals surface area (Å²) in [6.07, 6.45) is 4.11. The van der Waals surface area contributed by atoms with Crippen LogP contribution in [0.2, 0.25) is 0 Å². The number of furan rings is 1. The second-order valence-corrected chi connectivity index (χ2v) is 6.86. The van der Waals surface area contributed by atoms with Gasteiger partial charge in [-0.05, 0) is 46.0 Å². The number of rotatable bonds is 6. The molecule has 4 aromatic heterocycles. The van der Waals surface area contributed by atoms with Crippen LogP contribution in [0.5, 0.6) is 0 Å². The fraction of sp³-hybridized carbons (Fsp3) is 0.368. The lowest BCUT2D eigenvalue weighted by molar-refractivity contribution is 0.418. The fourth-order valence-corrected chi connectivity index (χ4v) is 2.95. The average Bonchev–Trinajstić information content (AvgIpc) is 3.40. The van der Waals surface area contributed by atoms with E-state index in [-0.39, 0.29) is 24.5 Å². The zero-order valence-corrected chi connectivity index (χ0v) is 17.0. The van der Waals surface area contributed by atoms with Gasteiger partial charge in [-0.15, -0.1) is 12.4 Å². The van der Waals surface area contributed by atoms with Crippen LogP contribution in [0, 0.1) is 0 Å². The molecular weight excluding hydrogens is 380 g/mol. The van der Waals surface area contributed by atoms with Gasteiger partial charge in [-0.1, -0.05) is 5.16 Å². The number of nitrogens with one attached hydrogen (secondary N) is 1. The van der Waals surface area contributed by atoms with Crippen molar-refractivity contribution in [3.63, 3.8) is 0 Å². The van der Waals surface area contributed by atoms with Gasteiger partial charge in [0.25, 0.3) is 5.89 Å². The molecule has 0 saturated carbocycles. The number of hydrogen-bond donors (Lipinski definition) is 1. The van der Waals surface area contributed by atoms with Crippen LogP contribution in [0.1, 0.15) is 32.6 Å². The fourth-order valence-electron chi connectivity index (χ4n) is 2.95. The van der Waals surface area contributed by atoms with Crippen LogP contribution in [0.25, 0.3) is 33.9 Å². The summed E-state index contributed by atoms with van der Waals surface area (Å²) in [5.74, 6) is 1.79. The summed E-state index contributed by atoms with van der Waals surface area (Å²) in [4.78, 5) is 9.34. The molecule has 1 unspecified atom stereocenters. The van der Waals surface area contributed by atoms with E-state index in [1.54, 1.807) is 12.5 Å². The largest absolute Gasteiger partial charge is 0.463 e. The Balaban J connectivity index is 0.00000225. The minimum absolute atomic E-state index is 0. The molecule has 0 bridgehead atoms. The first-order valence-corrected chi connectivity index (χ1v) is 8.99. The lowest BCUT2D eigenvalue weighted by Crippen LogP contribution is -2.24. The van der Waals surface area contributed by atoms with Gasteiger partial charge in [0.05, 0.1) is 23.4 Å². The Morgan fingerprint density at radius 2 is 2.04 bits per heavy atom. The summed E-state index contributed by atoms with van der Waals surface area (Å²) >= 11 is 0. The maximum Gasteiger partial charge on any atom is 0.258 e. The quantitative estimate of drug-likeness (QED) is 0.522. The van der Waals surface area contributed by atoms with E-state index in [1.807, 2.05) is 29.9 Å². The van der Waals surface area contributed by atoms with E-state index in [9.17, 15) is 0 Å². The normalized spacial score (nSPS) is 12.5. The Labute approximate surface area is 168 Å². The molecule has 0 aliphatic rings. The molecule has 4 heterocycles. The third-order valence-corrected chi connectivity index (χ3v) is 4.51. The standard InChI is InChI=1S/C19H22N6O2.ClH/c1-11(2)25-18-14(10-21-25)13(9-15(22-18)16-6-5-7-26-16)19-23-17(24-27-19)8-12(3)20-4;/h5-7,9-12,20H,8H2,1-4H3;1H. The monoisotopic (exact) mass is 402 g/mol. The summed E-state index contributed by atoms with van der Waals surface area (Å²) in [6.45, 7) is 6.21. The van der Waals surface area contributed by atoms with Crippen molar-refractivity contribution in [3.05, 3.63) is 36.5 Å². The number of likely N-dealkylation sites (N-methyl/N-ethyl adjacent to an activating group) is 1. The van der Waals surface area contributed by atoms with Crippen molar-refractivity contribution in [2.24, 2.45) is 0 Å². The number of nitrogens with zero attached hydrogens (tertiary/aromatic N) is 5. The number of halogens is 1. The second kappa shape index (κ2) is 8.12. The molecule has 0 radical (unpaired) electrons. The molecule has 0 saturated heterocycles. The topological polar surface area (TPSA) is 94.8 Å². The summed E-state index contributed by atoms with van der Waals surface area (Å²) in [6, 6.07) is 6.05. The molecule has 1 atom stereocenters. The summed E-state index contributed by atoms with van der Waals surface area (Å²) < 4.78 is 13.0. The molecular formula is C19H23ClN6O2. The van der Waals surface area contributed by atoms with Gasteiger partial charge in [-0.3, -0.25) is 0 Å². The second-order valence-electron chi connectivity index (χ2n) is 6.86. The van der Waals surface area contributed by atoms with Crippen LogP contribution in [0.15, 0.2) is 39.6 Å². The van der Waals surface area contributed by atoms with Gasteiger partial charge >= 0.3 is 0 Å². The van der Waals surface area contributed by atoms with Crippen molar-refractivity contribution in [2.45, 2.75) is 39.3 Å². The van der Waals surface area contributed by atoms with Gasteiger partial charge in [-0.25, -0.2) is 9.67 Å². The molecule has 1 N–H and O–H groups in total. The van der Waals surface area contributed by atoms with Gasteiger partial charge in [0.2, 0.25) is 0 Å². The first-order chi connectivity index (χ1) is 13.1. The van der Waals surface area contributed by atoms with Gasteiger partial charge in [-0.2, -0.15) is 10.1 Å². The van der Waals surface area contributed by atoms with Gasteiger partial charge < -0.3 is 14.3 Å². The molecule has 0 aliphatic heterocycles. The number of fused-ring (bicyclic) bond motifs is 1. The highest BCUT2D eigenvalue weighted by molar-refractivity contribution is 5.92. The molecule has 4 aromatic rings. The Bertz CT molecular complexity index is 1050. The zero-order chi connectivity index (χ0) is 19.0. The summed E-state index contributed by atoms with van der Waals surface area (Å²) in [7, 11) is 1.91. The summed E-state index contributed by atoms with van der Waals surface area (Å²) in [5, 5.41) is 12.7. The van der Waals surface area contributed by atoms with Crippen molar-refractivity contribution in [1.29, 1.82) is 0 Å². The molecule has 148 valence electrons. The van der Waals surface area contributed by atoms with Crippen molar-refractivity contribution >= 4 is 23.4 Å². The van der Waals surface area contributed by atoms with Crippen LogP contribution < -0.4 is 5.32 Å². The number of aromatic nitrogens is 5. The van der Waals surface area contributed by atoms with E-state index >= 15 is 0 Å². The highest BCUT2D eigenvalue weighted by Gasteiger charge is 2.20. The maximum atomic E-state index is 5.56. The summed E-state index contributed by atoms with van der Waals surface area (Å²) in [5.41, 5.74) is 2.26. The van der Waals surface area contributed by atoms with E-state index < -0.39 is 0 Å². The van der Waals surface area contributed by atoms with E-state index in [4.69, 9.17) is 13.9 Å². The molecule has 8 nitrogen and oxygen atoms in total. The molecule has 4 rings (SSSR count). The van der Waals surface area contributed by atoms with Crippen molar-refractivity contribution in [1.82, 2.24) is 30.2 Å². The van der Waals surface area contributed by atoms with Crippen molar-refractivity contribution < 1.29 is 8.94 Å². The Morgan fingerprint density at radius 3 is 2.71 bits per heavy atom. The average molecular weight is 403 g/mol. The van der Waals surface area contributed by atoms with Gasteiger partial charge in [0, 0.05) is 18.5 Å². The van der Waals surface area contributed by atoms with Crippen LogP contribution in [0.3, 0.4) is 0 Å². The first kappa shape index (κ1) is 20.0. The van der Waals surface area contributed by atoms with E-state index in [2.05, 4.69) is 41.3 Å². The SMILES string of the molecule is CNC(C)Cc1noc(-c2cc(-c3ccco3)nc3c2cnn3C(C)C)n1.Cl. The van der Waals surface area contributed by atoms with Crippen molar-refractivity contribution in [3.8, 4) is 22.9 Å². The third-order valence-electron chi connectivity index (χ3n) is 4.51. The number of pyridine rings is 1. The molecule has 0 amide bonds. The molecule has 9 heteroatoms. The predicted molar refractivity (Wildman–Crippen MR) is 108 cm³/mol. The lowest BCUT2D eigenvalue weighted by atomic mass is 10.1. The van der Waals surface area contributed by atoms with E-state index in [1.165, 1.54) is 0 Å². The van der Waals surface area contributed by atoms with Crippen LogP contribution in [0.4, 0.5) is 0 Å². The zero-order valence-electron chi connectivity index (χ0n) is 16.2. The number of hydrogen-bond acceptors (Lipinski definition) is 7. The minimum atomic E-state index is 0.